The molecule has 0 radical (unpaired) electrons. The Hall–Kier alpha value is -1.94. The first-order valence-electron chi connectivity index (χ1n) is 38.7. The van der Waals surface area contributed by atoms with Crippen molar-refractivity contribution < 1.29 is 80.2 Å². The van der Waals surface area contributed by atoms with Gasteiger partial charge in [0.1, 0.15) is 19.3 Å². The molecule has 0 fully saturated rings. The van der Waals surface area contributed by atoms with E-state index in [4.69, 9.17) is 37.0 Å². The third-order valence-electron chi connectivity index (χ3n) is 17.7. The second-order valence-corrected chi connectivity index (χ2v) is 31.6. The van der Waals surface area contributed by atoms with Gasteiger partial charge in [0, 0.05) is 25.7 Å². The minimum atomic E-state index is -4.96. The van der Waals surface area contributed by atoms with E-state index in [2.05, 4.69) is 55.4 Å². The third kappa shape index (κ3) is 67.3. The summed E-state index contributed by atoms with van der Waals surface area (Å²) in [6.45, 7) is 14.2. The third-order valence-corrected chi connectivity index (χ3v) is 19.6. The molecular weight excluding hydrogens is 1230 g/mol. The van der Waals surface area contributed by atoms with Gasteiger partial charge in [0.2, 0.25) is 0 Å². The van der Waals surface area contributed by atoms with E-state index in [1.807, 2.05) is 0 Å². The maximum Gasteiger partial charge on any atom is 0.472 e. The maximum absolute atomic E-state index is 13.1. The summed E-state index contributed by atoms with van der Waals surface area (Å²) in [5.74, 6) is 0.920. The molecule has 0 bridgehead atoms. The van der Waals surface area contributed by atoms with Gasteiger partial charge in [0.05, 0.1) is 26.4 Å². The molecule has 0 saturated heterocycles. The van der Waals surface area contributed by atoms with Crippen LogP contribution in [-0.4, -0.2) is 96.7 Å². The van der Waals surface area contributed by atoms with Gasteiger partial charge in [0.25, 0.3) is 0 Å². The molecule has 0 heterocycles. The number of ether oxygens (including phenoxy) is 4. The van der Waals surface area contributed by atoms with E-state index in [0.29, 0.717) is 31.6 Å². The van der Waals surface area contributed by atoms with E-state index in [-0.39, 0.29) is 25.7 Å². The topological polar surface area (TPSA) is 237 Å². The molecule has 0 rings (SSSR count). The van der Waals surface area contributed by atoms with E-state index < -0.39 is 97.5 Å². The molecule has 0 amide bonds. The average Bonchev–Trinajstić information content (AvgIpc) is 1.40. The van der Waals surface area contributed by atoms with Crippen molar-refractivity contribution >= 4 is 39.5 Å². The molecule has 0 aromatic heterocycles. The van der Waals surface area contributed by atoms with Gasteiger partial charge in [-0.05, 0) is 49.4 Å². The Kier molecular flexibility index (Phi) is 63.1. The molecule has 0 aromatic rings. The van der Waals surface area contributed by atoms with Gasteiger partial charge in [-0.2, -0.15) is 0 Å². The van der Waals surface area contributed by atoms with Crippen LogP contribution in [-0.2, 0) is 65.4 Å². The second-order valence-electron chi connectivity index (χ2n) is 28.7. The molecule has 17 nitrogen and oxygen atoms in total. The summed E-state index contributed by atoms with van der Waals surface area (Å²) < 4.78 is 68.5. The van der Waals surface area contributed by atoms with Crippen LogP contribution in [0.4, 0.5) is 0 Å². The van der Waals surface area contributed by atoms with Crippen molar-refractivity contribution in [2.45, 2.75) is 395 Å². The summed E-state index contributed by atoms with van der Waals surface area (Å²) in [7, 11) is -9.91. The van der Waals surface area contributed by atoms with Crippen LogP contribution < -0.4 is 0 Å². The number of carbonyl (C=O) groups excluding carboxylic acids is 4. The number of hydrogen-bond acceptors (Lipinski definition) is 15. The maximum atomic E-state index is 13.1. The van der Waals surface area contributed by atoms with Gasteiger partial charge < -0.3 is 33.8 Å². The van der Waals surface area contributed by atoms with E-state index in [0.717, 1.165) is 114 Å². The summed E-state index contributed by atoms with van der Waals surface area (Å²) in [6.07, 6.45) is 48.6. The fourth-order valence-electron chi connectivity index (χ4n) is 11.3. The predicted molar refractivity (Wildman–Crippen MR) is 381 cm³/mol. The molecule has 0 saturated carbocycles. The van der Waals surface area contributed by atoms with E-state index in [1.54, 1.807) is 0 Å². The van der Waals surface area contributed by atoms with Crippen LogP contribution >= 0.6 is 15.6 Å². The van der Waals surface area contributed by atoms with Gasteiger partial charge >= 0.3 is 39.5 Å². The van der Waals surface area contributed by atoms with Gasteiger partial charge in [-0.15, -0.1) is 0 Å². The van der Waals surface area contributed by atoms with Gasteiger partial charge in [-0.3, -0.25) is 37.3 Å². The summed E-state index contributed by atoms with van der Waals surface area (Å²) in [5.41, 5.74) is 0. The normalized spacial score (nSPS) is 14.4. The molecule has 3 N–H and O–H groups in total. The average molecular weight is 1380 g/mol. The molecule has 0 aliphatic heterocycles. The molecule has 0 aliphatic rings. The number of hydrogen-bond donors (Lipinski definition) is 3. The van der Waals surface area contributed by atoms with Crippen LogP contribution in [0.2, 0.25) is 0 Å². The van der Waals surface area contributed by atoms with Crippen molar-refractivity contribution in [3.8, 4) is 0 Å². The highest BCUT2D eigenvalue weighted by Crippen LogP contribution is 2.45. The van der Waals surface area contributed by atoms with E-state index in [9.17, 15) is 43.2 Å². The van der Waals surface area contributed by atoms with Gasteiger partial charge in [-0.1, -0.05) is 325 Å². The first kappa shape index (κ1) is 92.1. The minimum absolute atomic E-state index is 0.105. The van der Waals surface area contributed by atoms with Crippen molar-refractivity contribution in [2.75, 3.05) is 39.6 Å². The highest BCUT2D eigenvalue weighted by molar-refractivity contribution is 7.47. The summed E-state index contributed by atoms with van der Waals surface area (Å²) in [5, 5.41) is 10.6. The Labute approximate surface area is 575 Å². The predicted octanol–water partition coefficient (Wildman–Crippen LogP) is 21.7. The molecule has 0 aliphatic carbocycles. The molecular formula is C75H146O17P2. The lowest BCUT2D eigenvalue weighted by Crippen LogP contribution is -2.30. The first-order chi connectivity index (χ1) is 45.1. The number of rotatable bonds is 72. The molecule has 4 unspecified atom stereocenters. The van der Waals surface area contributed by atoms with Crippen molar-refractivity contribution in [3.63, 3.8) is 0 Å². The van der Waals surface area contributed by atoms with Crippen molar-refractivity contribution in [3.05, 3.63) is 0 Å². The second kappa shape index (κ2) is 64.4. The number of phosphoric ester groups is 2. The summed E-state index contributed by atoms with van der Waals surface area (Å²) in [6, 6.07) is 0. The van der Waals surface area contributed by atoms with Crippen molar-refractivity contribution in [1.82, 2.24) is 0 Å². The quantitative estimate of drug-likeness (QED) is 0.0222. The fraction of sp³-hybridized carbons (Fsp3) is 0.947. The Balaban J connectivity index is 5.23. The van der Waals surface area contributed by atoms with Crippen LogP contribution in [0.5, 0.6) is 0 Å². The van der Waals surface area contributed by atoms with Crippen LogP contribution in [0, 0.1) is 23.7 Å². The van der Waals surface area contributed by atoms with Crippen LogP contribution in [0.25, 0.3) is 0 Å². The number of phosphoric acid groups is 2. The standard InChI is InChI=1S/C75H146O17P2/c1-9-68(8)54-46-38-30-24-25-31-39-47-55-72(77)85-61-70(91-74(79)57-49-41-32-22-17-15-13-11-10-12-14-16-20-27-35-43-51-65(2)3)63-89-93(81,82)87-59-69(76)60-88-94(83,84)90-64-71(62-86-73(78)56-48-40-34-26-29-37-45-53-67(6)7)92-75(80)58-50-42-33-23-19-18-21-28-36-44-52-66(4)5/h65-71,76H,9-64H2,1-8H3,(H,81,82)(H,83,84)/t68?,69?,70-,71-/m1/s1. The molecule has 0 aromatic carbocycles. The number of aliphatic hydroxyl groups is 1. The Morgan fingerprint density at radius 1 is 0.298 bits per heavy atom. The monoisotopic (exact) mass is 1380 g/mol. The van der Waals surface area contributed by atoms with Crippen LogP contribution in [0.3, 0.4) is 0 Å². The summed E-state index contributed by atoms with van der Waals surface area (Å²) in [4.78, 5) is 72.7. The Morgan fingerprint density at radius 3 is 0.755 bits per heavy atom. The van der Waals surface area contributed by atoms with Crippen LogP contribution in [0.15, 0.2) is 0 Å². The van der Waals surface area contributed by atoms with Gasteiger partial charge in [-0.25, -0.2) is 9.13 Å². The zero-order valence-corrected chi connectivity index (χ0v) is 63.4. The zero-order valence-electron chi connectivity index (χ0n) is 61.6. The van der Waals surface area contributed by atoms with Gasteiger partial charge in [0.15, 0.2) is 12.2 Å². The van der Waals surface area contributed by atoms with Crippen LogP contribution in [0.1, 0.15) is 376 Å². The Morgan fingerprint density at radius 2 is 0.511 bits per heavy atom. The number of unbranched alkanes of at least 4 members (excludes halogenated alkanes) is 37. The lowest BCUT2D eigenvalue weighted by atomic mass is 9.99. The number of esters is 4. The SMILES string of the molecule is CCC(C)CCCCCCCCCCC(=O)OC[C@H](COP(=O)(O)OCC(O)COP(=O)(O)OC[C@@H](COC(=O)CCCCCCCCCC(C)C)OC(=O)CCCCCCCCCCCCC(C)C)OC(=O)CCCCCCCCCCCCCCCCCCC(C)C. The smallest absolute Gasteiger partial charge is 0.462 e. The fourth-order valence-corrected chi connectivity index (χ4v) is 12.9. The molecule has 6 atom stereocenters. The molecule has 19 heteroatoms. The van der Waals surface area contributed by atoms with E-state index >= 15 is 0 Å². The Bertz CT molecular complexity index is 1850. The zero-order chi connectivity index (χ0) is 69.6. The van der Waals surface area contributed by atoms with Crippen molar-refractivity contribution in [2.24, 2.45) is 23.7 Å². The molecule has 558 valence electrons. The lowest BCUT2D eigenvalue weighted by molar-refractivity contribution is -0.161. The largest absolute Gasteiger partial charge is 0.472 e. The minimum Gasteiger partial charge on any atom is -0.462 e. The summed E-state index contributed by atoms with van der Waals surface area (Å²) >= 11 is 0. The lowest BCUT2D eigenvalue weighted by Gasteiger charge is -2.21. The first-order valence-corrected chi connectivity index (χ1v) is 41.7. The molecule has 0 spiro atoms. The molecule has 94 heavy (non-hydrogen) atoms. The number of carbonyl (C=O) groups is 4. The number of aliphatic hydroxyl groups excluding tert-OH is 1. The van der Waals surface area contributed by atoms with E-state index in [1.165, 1.54) is 173 Å². The highest BCUT2D eigenvalue weighted by atomic mass is 31.2. The highest BCUT2D eigenvalue weighted by Gasteiger charge is 2.30. The van der Waals surface area contributed by atoms with Crippen molar-refractivity contribution in [1.29, 1.82) is 0 Å².